The minimum Gasteiger partial charge on any atom is -0.389 e. The molecule has 9 heteroatoms. The lowest BCUT2D eigenvalue weighted by Crippen LogP contribution is -2.52. The lowest BCUT2D eigenvalue weighted by Gasteiger charge is -2.29. The Hall–Kier alpha value is -3.66. The van der Waals surface area contributed by atoms with Gasteiger partial charge in [0.2, 0.25) is 0 Å². The highest BCUT2D eigenvalue weighted by Crippen LogP contribution is 2.24. The first-order chi connectivity index (χ1) is 21.2. The van der Waals surface area contributed by atoms with Gasteiger partial charge in [0.1, 0.15) is 11.6 Å². The third kappa shape index (κ3) is 7.88. The SMILES string of the molecule is CC[C@H]1CCCN1C(=O)c1cc(C)cc(C(=O)N[C@@H](Cc2cc(F)cc(F)c2)[C@H](O)[C@H]2CC(OCc3ccccc3)CN2)c1. The first-order valence-electron chi connectivity index (χ1n) is 15.5. The Morgan fingerprint density at radius 2 is 1.77 bits per heavy atom. The van der Waals surface area contributed by atoms with Crippen molar-refractivity contribution in [3.05, 3.63) is 106 Å². The third-order valence-electron chi connectivity index (χ3n) is 8.67. The van der Waals surface area contributed by atoms with Crippen molar-refractivity contribution in [3.8, 4) is 0 Å². The number of ether oxygens (including phenoxy) is 1. The van der Waals surface area contributed by atoms with E-state index in [9.17, 15) is 23.5 Å². The normalized spacial score (nSPS) is 21.3. The van der Waals surface area contributed by atoms with E-state index in [0.29, 0.717) is 37.2 Å². The van der Waals surface area contributed by atoms with Crippen LogP contribution in [-0.2, 0) is 17.8 Å². The number of amides is 2. The molecule has 0 spiro atoms. The fourth-order valence-electron chi connectivity index (χ4n) is 6.41. The van der Waals surface area contributed by atoms with Crippen molar-refractivity contribution in [3.63, 3.8) is 0 Å². The summed E-state index contributed by atoms with van der Waals surface area (Å²) in [5, 5.41) is 17.7. The Balaban J connectivity index is 1.32. The smallest absolute Gasteiger partial charge is 0.254 e. The number of rotatable bonds is 11. The van der Waals surface area contributed by atoms with Crippen LogP contribution in [0.2, 0.25) is 0 Å². The van der Waals surface area contributed by atoms with Crippen molar-refractivity contribution >= 4 is 11.8 Å². The molecule has 1 unspecified atom stereocenters. The summed E-state index contributed by atoms with van der Waals surface area (Å²) >= 11 is 0. The summed E-state index contributed by atoms with van der Waals surface area (Å²) in [5.74, 6) is -2.05. The van der Waals surface area contributed by atoms with Crippen molar-refractivity contribution in [2.75, 3.05) is 13.1 Å². The van der Waals surface area contributed by atoms with Crippen LogP contribution in [0.5, 0.6) is 0 Å². The maximum atomic E-state index is 14.1. The molecule has 5 rings (SSSR count). The van der Waals surface area contributed by atoms with Crippen LogP contribution < -0.4 is 10.6 Å². The highest BCUT2D eigenvalue weighted by molar-refractivity contribution is 6.00. The van der Waals surface area contributed by atoms with Gasteiger partial charge in [-0.1, -0.05) is 37.3 Å². The summed E-state index contributed by atoms with van der Waals surface area (Å²) in [7, 11) is 0. The Bertz CT molecular complexity index is 1430. The maximum absolute atomic E-state index is 14.1. The number of likely N-dealkylation sites (tertiary alicyclic amines) is 1. The van der Waals surface area contributed by atoms with Gasteiger partial charge >= 0.3 is 0 Å². The molecule has 3 aromatic carbocycles. The lowest BCUT2D eigenvalue weighted by atomic mass is 9.94. The molecule has 2 saturated heterocycles. The second-order valence-corrected chi connectivity index (χ2v) is 12.0. The van der Waals surface area contributed by atoms with Gasteiger partial charge in [-0.2, -0.15) is 0 Å². The number of nitrogens with zero attached hydrogens (tertiary/aromatic N) is 1. The number of carbonyl (C=O) groups is 2. The molecule has 0 radical (unpaired) electrons. The van der Waals surface area contributed by atoms with Crippen LogP contribution >= 0.6 is 0 Å². The van der Waals surface area contributed by atoms with Crippen LogP contribution in [-0.4, -0.2) is 65.2 Å². The minimum atomic E-state index is -1.09. The first-order valence-corrected chi connectivity index (χ1v) is 15.5. The van der Waals surface area contributed by atoms with E-state index >= 15 is 0 Å². The topological polar surface area (TPSA) is 90.9 Å². The molecule has 0 saturated carbocycles. The van der Waals surface area contributed by atoms with E-state index in [1.165, 1.54) is 12.1 Å². The van der Waals surface area contributed by atoms with Crippen LogP contribution in [0.15, 0.2) is 66.7 Å². The van der Waals surface area contributed by atoms with E-state index in [1.54, 1.807) is 18.2 Å². The average Bonchev–Trinajstić information content (AvgIpc) is 3.69. The summed E-state index contributed by atoms with van der Waals surface area (Å²) in [5.41, 5.74) is 2.83. The standard InChI is InChI=1S/C35H41F2N3O4/c1-3-29-10-7-11-40(29)35(43)26-13-22(2)12-25(17-26)34(42)39-32(16-24-14-27(36)18-28(37)15-24)33(41)31-19-30(20-38-31)44-21-23-8-5-4-6-9-23/h4-6,8-9,12-15,17-18,29-33,38,41H,3,7,10-11,16,19-21H2,1-2H3,(H,39,42)/t29-,30?,31+,32-,33+/m0/s1. The number of aliphatic hydroxyl groups is 1. The fourth-order valence-corrected chi connectivity index (χ4v) is 6.41. The minimum absolute atomic E-state index is 0.00112. The molecule has 0 aliphatic carbocycles. The van der Waals surface area contributed by atoms with E-state index in [1.807, 2.05) is 42.2 Å². The molecule has 3 aromatic rings. The fraction of sp³-hybridized carbons (Fsp3) is 0.429. The molecule has 0 aromatic heterocycles. The highest BCUT2D eigenvalue weighted by Gasteiger charge is 2.36. The van der Waals surface area contributed by atoms with Crippen LogP contribution in [0.3, 0.4) is 0 Å². The van der Waals surface area contributed by atoms with E-state index in [4.69, 9.17) is 4.74 Å². The number of nitrogens with one attached hydrogen (secondary N) is 2. The summed E-state index contributed by atoms with van der Waals surface area (Å²) < 4.78 is 34.2. The van der Waals surface area contributed by atoms with Gasteiger partial charge in [-0.3, -0.25) is 9.59 Å². The summed E-state index contributed by atoms with van der Waals surface area (Å²) in [6.45, 7) is 5.54. The molecule has 7 nitrogen and oxygen atoms in total. The maximum Gasteiger partial charge on any atom is 0.254 e. The van der Waals surface area contributed by atoms with Gasteiger partial charge in [-0.15, -0.1) is 0 Å². The van der Waals surface area contributed by atoms with Crippen molar-refractivity contribution in [2.45, 2.75) is 82.9 Å². The number of hydrogen-bond acceptors (Lipinski definition) is 5. The molecule has 2 heterocycles. The molecule has 234 valence electrons. The van der Waals surface area contributed by atoms with Gasteiger partial charge in [-0.25, -0.2) is 8.78 Å². The largest absolute Gasteiger partial charge is 0.389 e. The second-order valence-electron chi connectivity index (χ2n) is 12.0. The van der Waals surface area contributed by atoms with E-state index in [2.05, 4.69) is 17.6 Å². The Labute approximate surface area is 257 Å². The Morgan fingerprint density at radius 3 is 2.50 bits per heavy atom. The van der Waals surface area contributed by atoms with E-state index < -0.39 is 35.7 Å². The van der Waals surface area contributed by atoms with Crippen molar-refractivity contribution in [1.29, 1.82) is 0 Å². The molecule has 3 N–H and O–H groups in total. The van der Waals surface area contributed by atoms with Crippen LogP contribution in [0.25, 0.3) is 0 Å². The summed E-state index contributed by atoms with van der Waals surface area (Å²) in [4.78, 5) is 28.9. The average molecular weight is 606 g/mol. The van der Waals surface area contributed by atoms with Crippen molar-refractivity contribution in [1.82, 2.24) is 15.5 Å². The molecular formula is C35H41F2N3O4. The van der Waals surface area contributed by atoms with Gasteiger partial charge in [0, 0.05) is 42.4 Å². The molecule has 2 fully saturated rings. The van der Waals surface area contributed by atoms with Crippen LogP contribution in [0.1, 0.15) is 70.0 Å². The molecular weight excluding hydrogens is 564 g/mol. The quantitative estimate of drug-likeness (QED) is 0.288. The van der Waals surface area contributed by atoms with Crippen LogP contribution in [0.4, 0.5) is 8.78 Å². The van der Waals surface area contributed by atoms with Crippen molar-refractivity contribution in [2.24, 2.45) is 0 Å². The Morgan fingerprint density at radius 1 is 1.05 bits per heavy atom. The van der Waals surface area contributed by atoms with Gasteiger partial charge in [0.05, 0.1) is 24.9 Å². The number of aliphatic hydroxyl groups excluding tert-OH is 1. The zero-order valence-electron chi connectivity index (χ0n) is 25.3. The Kier molecular flexibility index (Phi) is 10.4. The molecule has 44 heavy (non-hydrogen) atoms. The number of aryl methyl sites for hydroxylation is 1. The zero-order chi connectivity index (χ0) is 31.2. The number of benzene rings is 3. The third-order valence-corrected chi connectivity index (χ3v) is 8.67. The van der Waals surface area contributed by atoms with Gasteiger partial charge in [0.25, 0.3) is 11.8 Å². The number of halogens is 2. The number of hydrogen-bond donors (Lipinski definition) is 3. The van der Waals surface area contributed by atoms with Gasteiger partial charge in [0.15, 0.2) is 0 Å². The summed E-state index contributed by atoms with van der Waals surface area (Å²) in [6.07, 6.45) is 2.05. The molecule has 0 bridgehead atoms. The number of carbonyl (C=O) groups excluding carboxylic acids is 2. The van der Waals surface area contributed by atoms with Gasteiger partial charge < -0.3 is 25.4 Å². The second kappa shape index (κ2) is 14.4. The predicted molar refractivity (Wildman–Crippen MR) is 164 cm³/mol. The zero-order valence-corrected chi connectivity index (χ0v) is 25.3. The van der Waals surface area contributed by atoms with Crippen molar-refractivity contribution < 1.29 is 28.2 Å². The molecule has 2 aliphatic rings. The molecule has 2 aliphatic heterocycles. The molecule has 2 amide bonds. The van der Waals surface area contributed by atoms with E-state index in [-0.39, 0.29) is 30.0 Å². The van der Waals surface area contributed by atoms with Crippen LogP contribution in [0, 0.1) is 18.6 Å². The summed E-state index contributed by atoms with van der Waals surface area (Å²) in [6, 6.07) is 16.9. The monoisotopic (exact) mass is 605 g/mol. The first kappa shape index (κ1) is 31.8. The highest BCUT2D eigenvalue weighted by atomic mass is 19.1. The predicted octanol–water partition coefficient (Wildman–Crippen LogP) is 4.94. The molecule has 5 atom stereocenters. The van der Waals surface area contributed by atoms with Gasteiger partial charge in [-0.05, 0) is 86.1 Å². The lowest BCUT2D eigenvalue weighted by molar-refractivity contribution is 0.0419. The van der Waals surface area contributed by atoms with E-state index in [0.717, 1.165) is 36.5 Å².